The van der Waals surface area contributed by atoms with Gasteiger partial charge in [-0.3, -0.25) is 19.8 Å². The van der Waals surface area contributed by atoms with Gasteiger partial charge >= 0.3 is 0 Å². The third-order valence-electron chi connectivity index (χ3n) is 6.86. The van der Waals surface area contributed by atoms with Crippen molar-refractivity contribution < 1.29 is 9.59 Å². The van der Waals surface area contributed by atoms with E-state index < -0.39 is 11.8 Å². The molecule has 6 rings (SSSR count). The summed E-state index contributed by atoms with van der Waals surface area (Å²) in [4.78, 5) is 28.4. The molecule has 4 aromatic carbocycles. The lowest BCUT2D eigenvalue weighted by Crippen LogP contribution is -2.54. The molecule has 1 N–H and O–H groups in total. The topological polar surface area (TPSA) is 54.3 Å². The summed E-state index contributed by atoms with van der Waals surface area (Å²) in [5, 5.41) is 2.77. The number of nitrogens with one attached hydrogen (secondary N) is 1. The maximum Gasteiger partial charge on any atom is 0.270 e. The van der Waals surface area contributed by atoms with Crippen LogP contribution in [-0.4, -0.2) is 21.5 Å². The normalized spacial score (nSPS) is 14.5. The van der Waals surface area contributed by atoms with Gasteiger partial charge in [-0.1, -0.05) is 96.6 Å². The minimum Gasteiger partial charge on any atom is -0.309 e. The van der Waals surface area contributed by atoms with E-state index in [-0.39, 0.29) is 10.7 Å². The van der Waals surface area contributed by atoms with Gasteiger partial charge in [0.15, 0.2) is 5.11 Å². The van der Waals surface area contributed by atoms with E-state index in [0.717, 1.165) is 39.3 Å². The van der Waals surface area contributed by atoms with Gasteiger partial charge < -0.3 is 4.57 Å². The fraction of sp³-hybridized carbons (Fsp3) is 0.0294. The van der Waals surface area contributed by atoms with Crippen molar-refractivity contribution >= 4 is 40.9 Å². The summed E-state index contributed by atoms with van der Waals surface area (Å²) in [5.74, 6) is -0.989. The maximum atomic E-state index is 13.8. The van der Waals surface area contributed by atoms with Crippen molar-refractivity contribution in [3.05, 3.63) is 138 Å². The smallest absolute Gasteiger partial charge is 0.270 e. The van der Waals surface area contributed by atoms with Gasteiger partial charge in [-0.2, -0.15) is 0 Å². The highest BCUT2D eigenvalue weighted by atomic mass is 32.1. The Morgan fingerprint density at radius 3 is 1.90 bits per heavy atom. The molecule has 2 amide bonds. The molecule has 0 bridgehead atoms. The number of aromatic nitrogens is 1. The average molecular weight is 540 g/mol. The first kappa shape index (κ1) is 25.2. The van der Waals surface area contributed by atoms with Crippen LogP contribution in [0.1, 0.15) is 11.1 Å². The molecule has 1 fully saturated rings. The maximum absolute atomic E-state index is 13.8. The number of carbonyl (C=O) groups is 2. The first-order valence-electron chi connectivity index (χ1n) is 12.9. The van der Waals surface area contributed by atoms with Crippen molar-refractivity contribution in [3.63, 3.8) is 0 Å². The van der Waals surface area contributed by atoms with Crippen LogP contribution in [0.3, 0.4) is 0 Å². The second-order valence-corrected chi connectivity index (χ2v) is 9.92. The van der Waals surface area contributed by atoms with Crippen LogP contribution in [0, 0.1) is 6.92 Å². The zero-order valence-electron chi connectivity index (χ0n) is 21.7. The summed E-state index contributed by atoms with van der Waals surface area (Å²) in [5.41, 5.74) is 7.14. The Morgan fingerprint density at radius 2 is 1.27 bits per heavy atom. The van der Waals surface area contributed by atoms with Gasteiger partial charge in [-0.15, -0.1) is 0 Å². The second kappa shape index (κ2) is 10.6. The number of hydrogen-bond acceptors (Lipinski definition) is 3. The summed E-state index contributed by atoms with van der Waals surface area (Å²) < 4.78 is 2.17. The number of aryl methyl sites for hydroxylation is 1. The van der Waals surface area contributed by atoms with Crippen LogP contribution in [0.4, 0.5) is 5.69 Å². The van der Waals surface area contributed by atoms with Crippen molar-refractivity contribution in [2.75, 3.05) is 4.90 Å². The average Bonchev–Trinajstić information content (AvgIpc) is 3.37. The molecule has 2 heterocycles. The first-order chi connectivity index (χ1) is 19.5. The first-order valence-corrected chi connectivity index (χ1v) is 13.3. The molecule has 0 spiro atoms. The molecule has 1 saturated heterocycles. The number of anilines is 1. The lowest BCUT2D eigenvalue weighted by Gasteiger charge is -2.29. The van der Waals surface area contributed by atoms with E-state index in [9.17, 15) is 9.59 Å². The van der Waals surface area contributed by atoms with E-state index in [1.54, 1.807) is 6.08 Å². The number of para-hydroxylation sites is 1. The summed E-state index contributed by atoms with van der Waals surface area (Å²) in [6.07, 6.45) is 1.68. The van der Waals surface area contributed by atoms with Gasteiger partial charge in [0.1, 0.15) is 5.57 Å². The van der Waals surface area contributed by atoms with Gasteiger partial charge in [0, 0.05) is 11.3 Å². The van der Waals surface area contributed by atoms with Crippen LogP contribution in [0.5, 0.6) is 0 Å². The van der Waals surface area contributed by atoms with Crippen LogP contribution in [0.25, 0.3) is 34.3 Å². The molecule has 1 aromatic heterocycles. The minimum absolute atomic E-state index is 0.0104. The molecule has 5 nitrogen and oxygen atoms in total. The van der Waals surface area contributed by atoms with E-state index in [1.165, 1.54) is 4.90 Å². The summed E-state index contributed by atoms with van der Waals surface area (Å²) >= 11 is 5.41. The zero-order chi connectivity index (χ0) is 27.6. The Labute approximate surface area is 238 Å². The Balaban J connectivity index is 1.59. The molecule has 40 heavy (non-hydrogen) atoms. The predicted molar refractivity (Wildman–Crippen MR) is 164 cm³/mol. The minimum atomic E-state index is -0.522. The van der Waals surface area contributed by atoms with Gasteiger partial charge in [-0.05, 0) is 66.7 Å². The van der Waals surface area contributed by atoms with Gasteiger partial charge in [-0.25, -0.2) is 0 Å². The molecule has 1 aliphatic heterocycles. The molecule has 0 atom stereocenters. The quantitative estimate of drug-likeness (QED) is 0.149. The highest BCUT2D eigenvalue weighted by molar-refractivity contribution is 7.80. The van der Waals surface area contributed by atoms with E-state index >= 15 is 0 Å². The van der Waals surface area contributed by atoms with E-state index in [1.807, 2.05) is 116 Å². The Kier molecular flexibility index (Phi) is 6.68. The lowest BCUT2D eigenvalue weighted by molar-refractivity contribution is -0.122. The monoisotopic (exact) mass is 539 g/mol. The molecule has 194 valence electrons. The molecule has 6 heteroatoms. The number of amides is 2. The Bertz CT molecular complexity index is 1760. The second-order valence-electron chi connectivity index (χ2n) is 9.53. The molecular formula is C34H25N3O2S. The summed E-state index contributed by atoms with van der Waals surface area (Å²) in [7, 11) is 0. The lowest BCUT2D eigenvalue weighted by atomic mass is 10.0. The van der Waals surface area contributed by atoms with Crippen molar-refractivity contribution in [2.24, 2.45) is 0 Å². The summed E-state index contributed by atoms with van der Waals surface area (Å²) in [6.45, 7) is 1.97. The van der Waals surface area contributed by atoms with Gasteiger partial charge in [0.25, 0.3) is 11.8 Å². The number of thiocarbonyl (C=S) groups is 1. The molecular weight excluding hydrogens is 514 g/mol. The Hall–Kier alpha value is -5.07. The fourth-order valence-corrected chi connectivity index (χ4v) is 5.22. The number of hydrogen-bond donors (Lipinski definition) is 1. The van der Waals surface area contributed by atoms with Crippen LogP contribution in [0.2, 0.25) is 0 Å². The molecule has 0 unspecified atom stereocenters. The molecule has 0 aliphatic carbocycles. The molecule has 5 aromatic rings. The van der Waals surface area contributed by atoms with E-state index in [0.29, 0.717) is 5.69 Å². The van der Waals surface area contributed by atoms with Gasteiger partial charge in [0.2, 0.25) is 0 Å². The fourth-order valence-electron chi connectivity index (χ4n) is 4.94. The van der Waals surface area contributed by atoms with Gasteiger partial charge in [0.05, 0.1) is 17.1 Å². The third-order valence-corrected chi connectivity index (χ3v) is 7.14. The van der Waals surface area contributed by atoms with Crippen molar-refractivity contribution in [1.82, 2.24) is 9.88 Å². The van der Waals surface area contributed by atoms with Crippen LogP contribution >= 0.6 is 12.2 Å². The highest BCUT2D eigenvalue weighted by Crippen LogP contribution is 2.37. The number of rotatable bonds is 5. The highest BCUT2D eigenvalue weighted by Gasteiger charge is 2.35. The third kappa shape index (κ3) is 4.65. The standard InChI is InChI=1S/C34H25N3O2S/c1-23-17-19-28(20-18-23)37-33(39)29(32(38)35-34(37)40)21-26-22-30(24-11-5-2-6-12-24)36(27-15-9-4-10-16-27)31(26)25-13-7-3-8-14-25/h2-22H,1H3,(H,35,38,40)/b29-21-. The van der Waals surface area contributed by atoms with Crippen LogP contribution in [0.15, 0.2) is 127 Å². The van der Waals surface area contributed by atoms with E-state index in [2.05, 4.69) is 22.0 Å². The van der Waals surface area contributed by atoms with Crippen molar-refractivity contribution in [1.29, 1.82) is 0 Å². The van der Waals surface area contributed by atoms with E-state index in [4.69, 9.17) is 12.2 Å². The molecule has 0 radical (unpaired) electrons. The number of nitrogens with zero attached hydrogens (tertiary/aromatic N) is 2. The Morgan fingerprint density at radius 1 is 0.700 bits per heavy atom. The van der Waals surface area contributed by atoms with Crippen LogP contribution in [-0.2, 0) is 9.59 Å². The predicted octanol–water partition coefficient (Wildman–Crippen LogP) is 6.95. The van der Waals surface area contributed by atoms with Crippen molar-refractivity contribution in [3.8, 4) is 28.2 Å². The molecule has 0 saturated carbocycles. The van der Waals surface area contributed by atoms with Crippen LogP contribution < -0.4 is 10.2 Å². The summed E-state index contributed by atoms with van der Waals surface area (Å²) in [6, 6.07) is 39.6. The zero-order valence-corrected chi connectivity index (χ0v) is 22.6. The van der Waals surface area contributed by atoms with Crippen molar-refractivity contribution in [2.45, 2.75) is 6.92 Å². The number of carbonyl (C=O) groups excluding carboxylic acids is 2. The number of benzene rings is 4. The largest absolute Gasteiger partial charge is 0.309 e. The SMILES string of the molecule is Cc1ccc(N2C(=O)/C(=C\c3cc(-c4ccccc4)n(-c4ccccc4)c3-c3ccccc3)C(=O)NC2=S)cc1. The molecule has 1 aliphatic rings.